The maximum absolute atomic E-state index is 11.9. The minimum Gasteiger partial charge on any atom is -0.303 e. The van der Waals surface area contributed by atoms with Gasteiger partial charge < -0.3 is 4.52 Å². The third-order valence-electron chi connectivity index (χ3n) is 0.746. The molecule has 1 rings (SSSR count). The van der Waals surface area contributed by atoms with Crippen LogP contribution < -0.4 is 0 Å². The fraction of sp³-hybridized carbons (Fsp3) is 1.00. The van der Waals surface area contributed by atoms with E-state index in [1.807, 2.05) is 0 Å². The molecule has 0 N–H and O–H groups in total. The maximum atomic E-state index is 11.9. The Kier molecular flexibility index (Phi) is 1.39. The van der Waals surface area contributed by atoms with E-state index in [2.05, 4.69) is 9.05 Å². The quantitative estimate of drug-likeness (QED) is 0.473. The van der Waals surface area contributed by atoms with E-state index in [4.69, 9.17) is 0 Å². The van der Waals surface area contributed by atoms with E-state index in [9.17, 15) is 8.96 Å². The first kappa shape index (κ1) is 6.20. The van der Waals surface area contributed by atoms with E-state index in [-0.39, 0.29) is 6.61 Å². The molecule has 1 aliphatic heterocycles. The minimum absolute atomic E-state index is 0.201. The van der Waals surface area contributed by atoms with Gasteiger partial charge in [0.25, 0.3) is 0 Å². The van der Waals surface area contributed by atoms with Gasteiger partial charge in [0.2, 0.25) is 6.36 Å². The molecular weight excluding hydrogens is 134 g/mol. The average Bonchev–Trinajstić information content (AvgIpc) is 1.82. The Morgan fingerprint density at radius 3 is 2.62 bits per heavy atom. The van der Waals surface area contributed by atoms with Gasteiger partial charge in [-0.25, -0.2) is 4.39 Å². The SMILES string of the molecule is CP1(=O)OCC(F)O1. The zero-order valence-electron chi connectivity index (χ0n) is 4.33. The predicted octanol–water partition coefficient (Wildman–Crippen LogP) is 1.15. The van der Waals surface area contributed by atoms with E-state index in [0.717, 1.165) is 0 Å². The Labute approximate surface area is 46.3 Å². The summed E-state index contributed by atoms with van der Waals surface area (Å²) in [4.78, 5) is 0. The van der Waals surface area contributed by atoms with Gasteiger partial charge in [0.05, 0.1) is 0 Å². The highest BCUT2D eigenvalue weighted by Gasteiger charge is 2.31. The normalized spacial score (nSPS) is 47.5. The summed E-state index contributed by atoms with van der Waals surface area (Å²) in [5, 5.41) is 0. The molecule has 0 amide bonds. The smallest absolute Gasteiger partial charge is 0.303 e. The molecule has 0 bridgehead atoms. The highest BCUT2D eigenvalue weighted by Crippen LogP contribution is 2.50. The largest absolute Gasteiger partial charge is 0.330 e. The Morgan fingerprint density at radius 1 is 1.88 bits per heavy atom. The molecule has 2 unspecified atom stereocenters. The molecule has 1 heterocycles. The van der Waals surface area contributed by atoms with E-state index < -0.39 is 14.0 Å². The fourth-order valence-electron chi connectivity index (χ4n) is 0.463. The van der Waals surface area contributed by atoms with Crippen molar-refractivity contribution in [1.82, 2.24) is 0 Å². The molecule has 0 spiro atoms. The van der Waals surface area contributed by atoms with Crippen molar-refractivity contribution in [1.29, 1.82) is 0 Å². The molecule has 1 aliphatic rings. The molecule has 0 aromatic heterocycles. The van der Waals surface area contributed by atoms with Crippen molar-refractivity contribution >= 4 is 7.60 Å². The lowest BCUT2D eigenvalue weighted by atomic mass is 10.8. The summed E-state index contributed by atoms with van der Waals surface area (Å²) in [7, 11) is -2.97. The second-order valence-corrected chi connectivity index (χ2v) is 3.59. The van der Waals surface area contributed by atoms with Crippen molar-refractivity contribution < 1.29 is 18.0 Å². The Bertz CT molecular complexity index is 136. The zero-order chi connectivity index (χ0) is 6.20. The van der Waals surface area contributed by atoms with Crippen LogP contribution in [0.4, 0.5) is 4.39 Å². The van der Waals surface area contributed by atoms with Crippen molar-refractivity contribution in [3.63, 3.8) is 0 Å². The Hall–Kier alpha value is 0.0800. The van der Waals surface area contributed by atoms with Crippen molar-refractivity contribution in [2.75, 3.05) is 13.3 Å². The number of rotatable bonds is 0. The van der Waals surface area contributed by atoms with Crippen LogP contribution in [0.15, 0.2) is 0 Å². The van der Waals surface area contributed by atoms with Crippen LogP contribution in [-0.2, 0) is 13.6 Å². The van der Waals surface area contributed by atoms with Crippen LogP contribution in [0, 0.1) is 0 Å². The number of alkyl halides is 1. The lowest BCUT2D eigenvalue weighted by Crippen LogP contribution is -1.97. The number of hydrogen-bond donors (Lipinski definition) is 0. The molecule has 1 saturated heterocycles. The van der Waals surface area contributed by atoms with Gasteiger partial charge >= 0.3 is 7.60 Å². The van der Waals surface area contributed by atoms with Crippen LogP contribution in [0.1, 0.15) is 0 Å². The van der Waals surface area contributed by atoms with Crippen LogP contribution in [0.3, 0.4) is 0 Å². The van der Waals surface area contributed by atoms with Gasteiger partial charge in [-0.2, -0.15) is 0 Å². The highest BCUT2D eigenvalue weighted by atomic mass is 31.2. The number of hydrogen-bond acceptors (Lipinski definition) is 3. The third kappa shape index (κ3) is 1.28. The maximum Gasteiger partial charge on any atom is 0.330 e. The van der Waals surface area contributed by atoms with Gasteiger partial charge in [0.15, 0.2) is 0 Å². The summed E-state index contributed by atoms with van der Waals surface area (Å²) >= 11 is 0. The molecule has 0 aromatic rings. The average molecular weight is 140 g/mol. The standard InChI is InChI=1S/C3H6FO3P/c1-8(5)6-2-3(4)7-8/h3H,2H2,1H3. The van der Waals surface area contributed by atoms with Gasteiger partial charge in [-0.15, -0.1) is 0 Å². The first-order chi connectivity index (χ1) is 3.60. The predicted molar refractivity (Wildman–Crippen MR) is 25.5 cm³/mol. The second kappa shape index (κ2) is 1.79. The Balaban J connectivity index is 2.57. The summed E-state index contributed by atoms with van der Waals surface area (Å²) in [5.41, 5.74) is 0. The molecule has 48 valence electrons. The molecule has 0 saturated carbocycles. The zero-order valence-corrected chi connectivity index (χ0v) is 5.23. The monoisotopic (exact) mass is 140 g/mol. The van der Waals surface area contributed by atoms with Crippen molar-refractivity contribution in [3.05, 3.63) is 0 Å². The van der Waals surface area contributed by atoms with E-state index in [1.54, 1.807) is 0 Å². The minimum atomic E-state index is -2.97. The third-order valence-corrected chi connectivity index (χ3v) is 1.98. The molecule has 3 nitrogen and oxygen atoms in total. The van der Waals surface area contributed by atoms with Gasteiger partial charge in [-0.1, -0.05) is 0 Å². The van der Waals surface area contributed by atoms with E-state index >= 15 is 0 Å². The topological polar surface area (TPSA) is 35.5 Å². The van der Waals surface area contributed by atoms with Crippen molar-refractivity contribution in [2.24, 2.45) is 0 Å². The lowest BCUT2D eigenvalue weighted by Gasteiger charge is -1.97. The molecule has 5 heteroatoms. The van der Waals surface area contributed by atoms with Gasteiger partial charge in [-0.3, -0.25) is 9.09 Å². The molecule has 2 atom stereocenters. The summed E-state index contributed by atoms with van der Waals surface area (Å²) in [5.74, 6) is 0. The lowest BCUT2D eigenvalue weighted by molar-refractivity contribution is 0.0904. The molecule has 0 aromatic carbocycles. The van der Waals surface area contributed by atoms with Gasteiger partial charge in [0.1, 0.15) is 6.61 Å². The highest BCUT2D eigenvalue weighted by molar-refractivity contribution is 7.53. The molecule has 0 aliphatic carbocycles. The fourth-order valence-corrected chi connectivity index (χ4v) is 1.39. The van der Waals surface area contributed by atoms with Crippen LogP contribution in [-0.4, -0.2) is 19.6 Å². The van der Waals surface area contributed by atoms with Crippen molar-refractivity contribution in [2.45, 2.75) is 6.36 Å². The Morgan fingerprint density at radius 2 is 2.50 bits per heavy atom. The molecule has 8 heavy (non-hydrogen) atoms. The van der Waals surface area contributed by atoms with E-state index in [0.29, 0.717) is 0 Å². The van der Waals surface area contributed by atoms with Crippen LogP contribution >= 0.6 is 7.60 Å². The summed E-state index contributed by atoms with van der Waals surface area (Å²) in [6.45, 7) is 1.04. The first-order valence-electron chi connectivity index (χ1n) is 2.15. The summed E-state index contributed by atoms with van der Waals surface area (Å²) < 4.78 is 31.1. The molecule has 1 fully saturated rings. The number of halogens is 1. The van der Waals surface area contributed by atoms with E-state index in [1.165, 1.54) is 6.66 Å². The van der Waals surface area contributed by atoms with Crippen LogP contribution in [0.25, 0.3) is 0 Å². The molecule has 0 radical (unpaired) electrons. The van der Waals surface area contributed by atoms with Gasteiger partial charge in [0, 0.05) is 6.66 Å². The summed E-state index contributed by atoms with van der Waals surface area (Å²) in [6, 6.07) is 0. The first-order valence-corrected chi connectivity index (χ1v) is 4.14. The summed E-state index contributed by atoms with van der Waals surface area (Å²) in [6.07, 6.45) is -1.49. The van der Waals surface area contributed by atoms with Crippen LogP contribution in [0.5, 0.6) is 0 Å². The van der Waals surface area contributed by atoms with Gasteiger partial charge in [-0.05, 0) is 0 Å². The van der Waals surface area contributed by atoms with Crippen molar-refractivity contribution in [3.8, 4) is 0 Å². The van der Waals surface area contributed by atoms with Crippen LogP contribution in [0.2, 0.25) is 0 Å². The molecular formula is C3H6FO3P. The second-order valence-electron chi connectivity index (χ2n) is 1.58.